The van der Waals surface area contributed by atoms with Crippen LogP contribution in [0.25, 0.3) is 5.70 Å². The first-order valence-corrected chi connectivity index (χ1v) is 13.2. The molecule has 1 saturated heterocycles. The third kappa shape index (κ3) is 5.01. The first-order valence-electron chi connectivity index (χ1n) is 12.3. The Kier molecular flexibility index (Phi) is 7.62. The van der Waals surface area contributed by atoms with Gasteiger partial charge in [0.1, 0.15) is 5.75 Å². The van der Waals surface area contributed by atoms with Gasteiger partial charge in [0.2, 0.25) is 5.91 Å². The third-order valence-corrected chi connectivity index (χ3v) is 7.37. The lowest BCUT2D eigenvalue weighted by Crippen LogP contribution is -2.42. The summed E-state index contributed by atoms with van der Waals surface area (Å²) in [6.45, 7) is 4.23. The molecule has 9 heteroatoms. The van der Waals surface area contributed by atoms with Crippen LogP contribution in [0.3, 0.4) is 0 Å². The van der Waals surface area contributed by atoms with Crippen molar-refractivity contribution in [2.75, 3.05) is 40.0 Å². The number of benzene rings is 2. The number of rotatable bonds is 7. The summed E-state index contributed by atoms with van der Waals surface area (Å²) in [5.74, 6) is 0.209. The Bertz CT molecular complexity index is 1270. The van der Waals surface area contributed by atoms with E-state index in [0.29, 0.717) is 48.5 Å². The van der Waals surface area contributed by atoms with E-state index >= 15 is 0 Å². The Labute approximate surface area is 220 Å². The molecule has 37 heavy (non-hydrogen) atoms. The van der Waals surface area contributed by atoms with Gasteiger partial charge in [-0.05, 0) is 18.4 Å². The summed E-state index contributed by atoms with van der Waals surface area (Å²) in [5.41, 5.74) is 3.36. The summed E-state index contributed by atoms with van der Waals surface area (Å²) >= 11 is 1.45. The molecule has 3 heterocycles. The standard InChI is InChI=1S/C28H29N3O5S/c1-3-36-27(33)24-25(19-9-5-4-6-10-19)29-28-31(26(24)21-11-7-8-12-22(21)34-2)20(18-37-28)17-23(32)30-13-15-35-16-14-30/h4-12,18,26H,3,13-17H2,1-2H3. The van der Waals surface area contributed by atoms with Crippen molar-refractivity contribution in [2.24, 2.45) is 4.99 Å². The van der Waals surface area contributed by atoms with Crippen molar-refractivity contribution in [3.63, 3.8) is 0 Å². The number of carbonyl (C=O) groups is 2. The molecule has 1 unspecified atom stereocenters. The lowest BCUT2D eigenvalue weighted by Gasteiger charge is -2.37. The van der Waals surface area contributed by atoms with Crippen LogP contribution in [0.1, 0.15) is 30.5 Å². The van der Waals surface area contributed by atoms with E-state index in [0.717, 1.165) is 16.8 Å². The van der Waals surface area contributed by atoms with Gasteiger partial charge in [-0.2, -0.15) is 0 Å². The fourth-order valence-corrected chi connectivity index (χ4v) is 5.67. The second kappa shape index (κ2) is 11.2. The van der Waals surface area contributed by atoms with Gasteiger partial charge in [0, 0.05) is 29.9 Å². The van der Waals surface area contributed by atoms with Crippen molar-refractivity contribution in [3.8, 4) is 5.75 Å². The number of fused-ring (bicyclic) bond motifs is 1. The van der Waals surface area contributed by atoms with Gasteiger partial charge in [-0.25, -0.2) is 9.79 Å². The Morgan fingerprint density at radius 3 is 2.54 bits per heavy atom. The van der Waals surface area contributed by atoms with E-state index in [1.165, 1.54) is 11.8 Å². The van der Waals surface area contributed by atoms with Crippen LogP contribution in [0.4, 0.5) is 0 Å². The maximum Gasteiger partial charge on any atom is 0.338 e. The maximum absolute atomic E-state index is 13.6. The van der Waals surface area contributed by atoms with Crippen LogP contribution in [0.15, 0.2) is 76.3 Å². The number of morpholine rings is 1. The summed E-state index contributed by atoms with van der Waals surface area (Å²) in [4.78, 5) is 35.6. The Morgan fingerprint density at radius 2 is 1.81 bits per heavy atom. The molecule has 2 aromatic carbocycles. The summed E-state index contributed by atoms with van der Waals surface area (Å²) in [6, 6.07) is 16.7. The van der Waals surface area contributed by atoms with Gasteiger partial charge in [-0.1, -0.05) is 60.3 Å². The molecule has 192 valence electrons. The summed E-state index contributed by atoms with van der Waals surface area (Å²) in [5, 5.41) is 2.66. The van der Waals surface area contributed by atoms with Crippen LogP contribution in [0, 0.1) is 0 Å². The minimum Gasteiger partial charge on any atom is -0.496 e. The molecule has 0 aliphatic carbocycles. The number of amidine groups is 1. The van der Waals surface area contributed by atoms with Crippen LogP contribution in [-0.4, -0.2) is 66.9 Å². The molecule has 0 bridgehead atoms. The zero-order valence-electron chi connectivity index (χ0n) is 20.9. The lowest BCUT2D eigenvalue weighted by molar-refractivity contribution is -0.139. The van der Waals surface area contributed by atoms with Crippen molar-refractivity contribution in [2.45, 2.75) is 19.4 Å². The van der Waals surface area contributed by atoms with E-state index in [4.69, 9.17) is 19.2 Å². The SMILES string of the molecule is CCOC(=O)C1=C(c2ccccc2)N=C2SC=C(CC(=O)N3CCOCC3)N2C1c1ccccc1OC. The van der Waals surface area contributed by atoms with E-state index < -0.39 is 12.0 Å². The van der Waals surface area contributed by atoms with Crippen LogP contribution < -0.4 is 4.74 Å². The molecular weight excluding hydrogens is 490 g/mol. The fraction of sp³-hybridized carbons (Fsp3) is 0.321. The van der Waals surface area contributed by atoms with E-state index in [1.54, 1.807) is 14.0 Å². The lowest BCUT2D eigenvalue weighted by atomic mass is 9.91. The van der Waals surface area contributed by atoms with Crippen molar-refractivity contribution in [1.82, 2.24) is 9.80 Å². The van der Waals surface area contributed by atoms with E-state index in [1.807, 2.05) is 69.8 Å². The van der Waals surface area contributed by atoms with Crippen molar-refractivity contribution >= 4 is 34.5 Å². The first kappa shape index (κ1) is 25.1. The highest BCUT2D eigenvalue weighted by Gasteiger charge is 2.43. The summed E-state index contributed by atoms with van der Waals surface area (Å²) in [6.07, 6.45) is 0.189. The summed E-state index contributed by atoms with van der Waals surface area (Å²) < 4.78 is 16.7. The number of para-hydroxylation sites is 1. The minimum absolute atomic E-state index is 0.0192. The molecule has 0 radical (unpaired) electrons. The highest BCUT2D eigenvalue weighted by molar-refractivity contribution is 8.16. The molecule has 0 spiro atoms. The number of hydrogen-bond acceptors (Lipinski definition) is 8. The van der Waals surface area contributed by atoms with Crippen LogP contribution >= 0.6 is 11.8 Å². The van der Waals surface area contributed by atoms with E-state index in [2.05, 4.69) is 0 Å². The number of nitrogens with zero attached hydrogens (tertiary/aromatic N) is 3. The number of thioether (sulfide) groups is 1. The van der Waals surface area contributed by atoms with Crippen LogP contribution in [-0.2, 0) is 19.1 Å². The molecule has 1 atom stereocenters. The smallest absolute Gasteiger partial charge is 0.338 e. The quantitative estimate of drug-likeness (QED) is 0.507. The topological polar surface area (TPSA) is 80.7 Å². The zero-order valence-corrected chi connectivity index (χ0v) is 21.7. The largest absolute Gasteiger partial charge is 0.496 e. The highest BCUT2D eigenvalue weighted by Crippen LogP contribution is 2.48. The maximum atomic E-state index is 13.6. The number of carbonyl (C=O) groups excluding carboxylic acids is 2. The van der Waals surface area contributed by atoms with Gasteiger partial charge in [-0.3, -0.25) is 4.79 Å². The number of aliphatic imine (C=N–C) groups is 1. The molecule has 0 N–H and O–H groups in total. The monoisotopic (exact) mass is 519 g/mol. The van der Waals surface area contributed by atoms with Crippen molar-refractivity contribution in [1.29, 1.82) is 0 Å². The average Bonchev–Trinajstić information content (AvgIpc) is 3.35. The predicted octanol–water partition coefficient (Wildman–Crippen LogP) is 4.22. The molecule has 3 aliphatic heterocycles. The van der Waals surface area contributed by atoms with Gasteiger partial charge in [0.05, 0.1) is 50.7 Å². The van der Waals surface area contributed by atoms with Crippen molar-refractivity contribution < 1.29 is 23.8 Å². The van der Waals surface area contributed by atoms with Gasteiger partial charge in [0.25, 0.3) is 0 Å². The molecule has 2 aromatic rings. The second-order valence-electron chi connectivity index (χ2n) is 8.65. The Hall–Kier alpha value is -3.56. The number of amides is 1. The van der Waals surface area contributed by atoms with E-state index in [9.17, 15) is 9.59 Å². The van der Waals surface area contributed by atoms with Crippen LogP contribution in [0.5, 0.6) is 5.75 Å². The second-order valence-corrected chi connectivity index (χ2v) is 9.49. The number of esters is 1. The highest BCUT2D eigenvalue weighted by atomic mass is 32.2. The Balaban J connectivity index is 1.63. The fourth-order valence-electron chi connectivity index (χ4n) is 4.75. The Morgan fingerprint density at radius 1 is 1.08 bits per heavy atom. The third-order valence-electron chi connectivity index (χ3n) is 6.48. The number of ether oxygens (including phenoxy) is 3. The van der Waals surface area contributed by atoms with Gasteiger partial charge >= 0.3 is 5.97 Å². The molecule has 8 nitrogen and oxygen atoms in total. The molecule has 0 saturated carbocycles. The van der Waals surface area contributed by atoms with Crippen molar-refractivity contribution in [3.05, 3.63) is 82.4 Å². The predicted molar refractivity (Wildman–Crippen MR) is 143 cm³/mol. The van der Waals surface area contributed by atoms with Gasteiger partial charge in [-0.15, -0.1) is 0 Å². The van der Waals surface area contributed by atoms with E-state index in [-0.39, 0.29) is 18.9 Å². The summed E-state index contributed by atoms with van der Waals surface area (Å²) in [7, 11) is 1.61. The van der Waals surface area contributed by atoms with Gasteiger partial charge < -0.3 is 24.0 Å². The molecule has 5 rings (SSSR count). The van der Waals surface area contributed by atoms with Gasteiger partial charge in [0.15, 0.2) is 5.17 Å². The zero-order chi connectivity index (χ0) is 25.8. The normalized spacial score (nSPS) is 19.2. The molecule has 1 amide bonds. The average molecular weight is 520 g/mol. The molecule has 1 fully saturated rings. The first-order chi connectivity index (χ1) is 18.1. The number of hydrogen-bond donors (Lipinski definition) is 0. The molecular formula is C28H29N3O5S. The minimum atomic E-state index is -0.586. The number of methoxy groups -OCH3 is 1. The molecule has 0 aromatic heterocycles. The van der Waals surface area contributed by atoms with Crippen LogP contribution in [0.2, 0.25) is 0 Å². The molecule has 3 aliphatic rings.